The highest BCUT2D eigenvalue weighted by Gasteiger charge is 2.23. The Balaban J connectivity index is 1.32. The van der Waals surface area contributed by atoms with Crippen LogP contribution in [0, 0.1) is 0 Å². The van der Waals surface area contributed by atoms with Gasteiger partial charge < -0.3 is 9.47 Å². The third-order valence-electron chi connectivity index (χ3n) is 9.57. The molecular formula is C48H54N2O2. The highest BCUT2D eigenvalue weighted by Crippen LogP contribution is 2.38. The molecule has 0 aliphatic carbocycles. The minimum absolute atomic E-state index is 0.00578. The van der Waals surface area contributed by atoms with Gasteiger partial charge in [-0.2, -0.15) is 0 Å². The molecule has 0 atom stereocenters. The van der Waals surface area contributed by atoms with Crippen LogP contribution in [0.5, 0.6) is 23.0 Å². The van der Waals surface area contributed by atoms with Crippen LogP contribution in [0.4, 0.5) is 0 Å². The summed E-state index contributed by atoms with van der Waals surface area (Å²) in [4.78, 5) is 10.3. The molecule has 1 heterocycles. The Kier molecular flexibility index (Phi) is 9.59. The van der Waals surface area contributed by atoms with E-state index in [-0.39, 0.29) is 21.7 Å². The van der Waals surface area contributed by atoms with Crippen molar-refractivity contribution < 1.29 is 9.47 Å². The topological polar surface area (TPSA) is 44.2 Å². The summed E-state index contributed by atoms with van der Waals surface area (Å²) in [6.45, 7) is 26.9. The highest BCUT2D eigenvalue weighted by atomic mass is 16.5. The second-order valence-corrected chi connectivity index (χ2v) is 18.2. The van der Waals surface area contributed by atoms with Gasteiger partial charge in [0.2, 0.25) is 0 Å². The average molecular weight is 691 g/mol. The highest BCUT2D eigenvalue weighted by molar-refractivity contribution is 5.86. The number of fused-ring (bicyclic) bond motifs is 1. The first-order chi connectivity index (χ1) is 24.2. The minimum Gasteiger partial charge on any atom is -0.457 e. The SMILES string of the molecule is CC(C)(C)c1cc(Oc2ccc(-c3nc4ccccc4nc3-c3ccc(Oc4cc(C(C)(C)C)cc(C(C)(C)C)c4)cc3)cc2)cc(C(C)(C)C)c1. The van der Waals surface area contributed by atoms with Gasteiger partial charge in [-0.3, -0.25) is 0 Å². The molecule has 5 aromatic carbocycles. The average Bonchev–Trinajstić information content (AvgIpc) is 3.06. The largest absolute Gasteiger partial charge is 0.457 e. The van der Waals surface area contributed by atoms with Gasteiger partial charge in [0.1, 0.15) is 23.0 Å². The molecule has 0 fully saturated rings. The summed E-state index contributed by atoms with van der Waals surface area (Å²) >= 11 is 0. The number of nitrogens with zero attached hydrogens (tertiary/aromatic N) is 2. The zero-order valence-electron chi connectivity index (χ0n) is 33.1. The van der Waals surface area contributed by atoms with Crippen molar-refractivity contribution in [2.45, 2.75) is 105 Å². The van der Waals surface area contributed by atoms with Gasteiger partial charge in [-0.05, 0) is 129 Å². The Bertz CT molecular complexity index is 1980. The monoisotopic (exact) mass is 690 g/mol. The maximum Gasteiger partial charge on any atom is 0.128 e. The molecule has 52 heavy (non-hydrogen) atoms. The number of benzene rings is 5. The minimum atomic E-state index is 0.00578. The Hall–Kier alpha value is -4.96. The Labute approximate surface area is 311 Å². The molecule has 0 N–H and O–H groups in total. The van der Waals surface area contributed by atoms with E-state index in [4.69, 9.17) is 19.4 Å². The fourth-order valence-electron chi connectivity index (χ4n) is 6.08. The molecule has 6 rings (SSSR count). The summed E-state index contributed by atoms with van der Waals surface area (Å²) in [6.07, 6.45) is 0. The zero-order chi connectivity index (χ0) is 37.6. The quantitative estimate of drug-likeness (QED) is 0.174. The van der Waals surface area contributed by atoms with E-state index in [2.05, 4.69) is 144 Å². The van der Waals surface area contributed by atoms with Crippen LogP contribution in [0.25, 0.3) is 33.5 Å². The third kappa shape index (κ3) is 8.39. The molecule has 0 amide bonds. The van der Waals surface area contributed by atoms with Crippen LogP contribution in [0.1, 0.15) is 105 Å². The number of ether oxygens (including phenoxy) is 2. The Morgan fingerprint density at radius 2 is 0.635 bits per heavy atom. The van der Waals surface area contributed by atoms with Gasteiger partial charge in [-0.15, -0.1) is 0 Å². The molecule has 4 nitrogen and oxygen atoms in total. The lowest BCUT2D eigenvalue weighted by Gasteiger charge is -2.26. The third-order valence-corrected chi connectivity index (χ3v) is 9.57. The maximum absolute atomic E-state index is 6.49. The van der Waals surface area contributed by atoms with E-state index in [1.54, 1.807) is 0 Å². The first kappa shape index (κ1) is 36.8. The van der Waals surface area contributed by atoms with E-state index in [1.807, 2.05) is 48.5 Å². The normalized spacial score (nSPS) is 12.6. The van der Waals surface area contributed by atoms with E-state index < -0.39 is 0 Å². The van der Waals surface area contributed by atoms with Crippen molar-refractivity contribution in [3.63, 3.8) is 0 Å². The van der Waals surface area contributed by atoms with Crippen LogP contribution in [-0.2, 0) is 21.7 Å². The van der Waals surface area contributed by atoms with Crippen LogP contribution >= 0.6 is 0 Å². The van der Waals surface area contributed by atoms with Crippen molar-refractivity contribution >= 4 is 11.0 Å². The molecule has 0 bridgehead atoms. The number of rotatable bonds is 6. The summed E-state index contributed by atoms with van der Waals surface area (Å²) < 4.78 is 13.0. The second-order valence-electron chi connectivity index (χ2n) is 18.2. The van der Waals surface area contributed by atoms with Gasteiger partial charge in [0.25, 0.3) is 0 Å². The molecule has 0 aliphatic rings. The molecule has 6 aromatic rings. The van der Waals surface area contributed by atoms with E-state index in [9.17, 15) is 0 Å². The van der Waals surface area contributed by atoms with E-state index in [1.165, 1.54) is 22.3 Å². The standard InChI is InChI=1S/C48H54N2O2/c1-45(2,3)33-25-34(46(4,5)6)28-39(27-33)51-37-21-17-31(18-22-37)43-44(50-42-16-14-13-15-41(42)49-43)32-19-23-38(24-20-32)52-40-29-35(47(7,8)9)26-36(30-40)48(10,11)12/h13-30H,1-12H3. The molecule has 0 radical (unpaired) electrons. The van der Waals surface area contributed by atoms with Crippen LogP contribution in [0.3, 0.4) is 0 Å². The molecule has 0 spiro atoms. The Morgan fingerprint density at radius 1 is 0.346 bits per heavy atom. The zero-order valence-corrected chi connectivity index (χ0v) is 33.1. The molecular weight excluding hydrogens is 637 g/mol. The predicted octanol–water partition coefficient (Wildman–Crippen LogP) is 13.7. The van der Waals surface area contributed by atoms with Crippen molar-refractivity contribution in [2.75, 3.05) is 0 Å². The summed E-state index contributed by atoms with van der Waals surface area (Å²) in [5, 5.41) is 0. The van der Waals surface area contributed by atoms with Crippen molar-refractivity contribution in [1.29, 1.82) is 0 Å². The predicted molar refractivity (Wildman–Crippen MR) is 218 cm³/mol. The van der Waals surface area contributed by atoms with Crippen LogP contribution < -0.4 is 9.47 Å². The van der Waals surface area contributed by atoms with Gasteiger partial charge in [-0.25, -0.2) is 9.97 Å². The molecule has 0 unspecified atom stereocenters. The smallest absolute Gasteiger partial charge is 0.128 e. The van der Waals surface area contributed by atoms with E-state index in [0.29, 0.717) is 0 Å². The van der Waals surface area contributed by atoms with Crippen LogP contribution in [0.15, 0.2) is 109 Å². The summed E-state index contributed by atoms with van der Waals surface area (Å²) in [5.74, 6) is 3.24. The van der Waals surface area contributed by atoms with Crippen LogP contribution in [0.2, 0.25) is 0 Å². The summed E-state index contributed by atoms with van der Waals surface area (Å²) in [7, 11) is 0. The molecule has 4 heteroatoms. The van der Waals surface area contributed by atoms with Gasteiger partial charge in [0, 0.05) is 11.1 Å². The van der Waals surface area contributed by atoms with Gasteiger partial charge >= 0.3 is 0 Å². The molecule has 1 aromatic heterocycles. The second kappa shape index (κ2) is 13.5. The lowest BCUT2D eigenvalue weighted by Crippen LogP contribution is -2.16. The lowest BCUT2D eigenvalue weighted by atomic mass is 9.80. The van der Waals surface area contributed by atoms with Crippen molar-refractivity contribution in [3.05, 3.63) is 131 Å². The van der Waals surface area contributed by atoms with Gasteiger partial charge in [0.05, 0.1) is 22.4 Å². The molecule has 0 saturated carbocycles. The molecule has 0 saturated heterocycles. The lowest BCUT2D eigenvalue weighted by molar-refractivity contribution is 0.473. The maximum atomic E-state index is 6.49. The van der Waals surface area contributed by atoms with Crippen LogP contribution in [-0.4, -0.2) is 9.97 Å². The van der Waals surface area contributed by atoms with Crippen molar-refractivity contribution in [2.24, 2.45) is 0 Å². The fourth-order valence-corrected chi connectivity index (χ4v) is 6.08. The number of para-hydroxylation sites is 2. The van der Waals surface area contributed by atoms with Gasteiger partial charge in [0.15, 0.2) is 0 Å². The first-order valence-electron chi connectivity index (χ1n) is 18.4. The number of aromatic nitrogens is 2. The summed E-state index contributed by atoms with van der Waals surface area (Å²) in [5.41, 5.74) is 10.3. The Morgan fingerprint density at radius 3 is 0.904 bits per heavy atom. The van der Waals surface area contributed by atoms with E-state index >= 15 is 0 Å². The molecule has 0 aliphatic heterocycles. The fraction of sp³-hybridized carbons (Fsp3) is 0.333. The van der Waals surface area contributed by atoms with Crippen molar-refractivity contribution in [1.82, 2.24) is 9.97 Å². The molecule has 268 valence electrons. The number of hydrogen-bond acceptors (Lipinski definition) is 4. The number of hydrogen-bond donors (Lipinski definition) is 0. The van der Waals surface area contributed by atoms with Crippen molar-refractivity contribution in [3.8, 4) is 45.5 Å². The van der Waals surface area contributed by atoms with E-state index in [0.717, 1.165) is 56.5 Å². The first-order valence-corrected chi connectivity index (χ1v) is 18.4. The van der Waals surface area contributed by atoms with Gasteiger partial charge in [-0.1, -0.05) is 107 Å². The summed E-state index contributed by atoms with van der Waals surface area (Å²) in [6, 6.07) is 37.6.